The van der Waals surface area contributed by atoms with Crippen LogP contribution in [0.4, 0.5) is 22.4 Å². The van der Waals surface area contributed by atoms with Gasteiger partial charge in [0.25, 0.3) is 0 Å². The Morgan fingerprint density at radius 2 is 1.04 bits per heavy atom. The molecule has 0 aromatic heterocycles. The van der Waals surface area contributed by atoms with E-state index in [2.05, 4.69) is 87.1 Å². The van der Waals surface area contributed by atoms with Gasteiger partial charge in [0, 0.05) is 61.3 Å². The zero-order chi connectivity index (χ0) is 50.7. The van der Waals surface area contributed by atoms with Crippen LogP contribution in [0.25, 0.3) is 0 Å². The van der Waals surface area contributed by atoms with E-state index in [9.17, 15) is 37.4 Å². The number of rotatable bonds is 17. The van der Waals surface area contributed by atoms with Gasteiger partial charge in [-0.05, 0) is 116 Å². The molecular weight excluding hydrogens is 893 g/mol. The molecule has 2 amide bonds. The van der Waals surface area contributed by atoms with E-state index in [1.807, 2.05) is 12.1 Å². The molecule has 0 spiro atoms. The molecule has 0 aliphatic carbocycles. The fourth-order valence-corrected chi connectivity index (χ4v) is 8.67. The number of hydrogen-bond acceptors (Lipinski definition) is 9. The molecule has 2 heterocycles. The van der Waals surface area contributed by atoms with E-state index in [4.69, 9.17) is 14.2 Å². The SMILES string of the molecule is CC(C)(C)Cc1ccc2c(c1)C(NC[C@@H](O)C(Cc1cc(F)cc(F)c1)NC(=O)OC(C)(C)C)CCO2.CC(C)(C)Cc1ccc2c(c1)C(NC[C@@H](O)C(Cc1cc(F)cc(F)c1)NC=O)CCO2. The molecule has 0 saturated heterocycles. The third kappa shape index (κ3) is 18.2. The predicted molar refractivity (Wildman–Crippen MR) is 259 cm³/mol. The number of carbonyl (C=O) groups is 2. The molecule has 0 fully saturated rings. The Balaban J connectivity index is 0.000000260. The molecule has 6 rings (SSSR count). The van der Waals surface area contributed by atoms with Gasteiger partial charge in [0.05, 0.1) is 37.5 Å². The van der Waals surface area contributed by atoms with E-state index < -0.39 is 59.3 Å². The first-order valence-electron chi connectivity index (χ1n) is 23.8. The summed E-state index contributed by atoms with van der Waals surface area (Å²) in [5, 5.41) is 33.9. The molecule has 2 aliphatic heterocycles. The summed E-state index contributed by atoms with van der Waals surface area (Å²) in [4.78, 5) is 23.5. The van der Waals surface area contributed by atoms with E-state index in [0.29, 0.717) is 30.8 Å². The van der Waals surface area contributed by atoms with Gasteiger partial charge in [-0.1, -0.05) is 65.8 Å². The molecular formula is C54H72F4N4O7. The van der Waals surface area contributed by atoms with Gasteiger partial charge in [-0.15, -0.1) is 0 Å². The van der Waals surface area contributed by atoms with Gasteiger partial charge in [-0.25, -0.2) is 22.4 Å². The second-order valence-electron chi connectivity index (χ2n) is 21.7. The number of alkyl carbamates (subject to hydrolysis) is 1. The summed E-state index contributed by atoms with van der Waals surface area (Å²) >= 11 is 0. The van der Waals surface area contributed by atoms with E-state index >= 15 is 0 Å². The van der Waals surface area contributed by atoms with Crippen molar-refractivity contribution >= 4 is 12.5 Å². The first-order chi connectivity index (χ1) is 32.3. The van der Waals surface area contributed by atoms with Crippen LogP contribution in [-0.4, -0.2) is 78.9 Å². The van der Waals surface area contributed by atoms with Crippen molar-refractivity contribution in [2.45, 2.75) is 143 Å². The van der Waals surface area contributed by atoms with Crippen molar-refractivity contribution in [1.29, 1.82) is 0 Å². The Labute approximate surface area is 405 Å². The number of hydrogen-bond donors (Lipinski definition) is 6. The van der Waals surface area contributed by atoms with Crippen molar-refractivity contribution in [3.63, 3.8) is 0 Å². The molecule has 4 aromatic rings. The molecule has 4 aromatic carbocycles. The Bertz CT molecular complexity index is 2290. The normalized spacial score (nSPS) is 17.6. The molecule has 15 heteroatoms. The summed E-state index contributed by atoms with van der Waals surface area (Å²) in [5.74, 6) is -1.18. The van der Waals surface area contributed by atoms with Crippen LogP contribution >= 0.6 is 0 Å². The second-order valence-corrected chi connectivity index (χ2v) is 21.7. The largest absolute Gasteiger partial charge is 0.493 e. The Morgan fingerprint density at radius 1 is 0.638 bits per heavy atom. The molecule has 0 radical (unpaired) electrons. The van der Waals surface area contributed by atoms with Gasteiger partial charge in [0.15, 0.2) is 0 Å². The Kier molecular flexibility index (Phi) is 19.1. The quantitative estimate of drug-likeness (QED) is 0.0450. The number of nitrogens with one attached hydrogen (secondary N) is 4. The van der Waals surface area contributed by atoms with Gasteiger partial charge < -0.3 is 45.7 Å². The van der Waals surface area contributed by atoms with Crippen LogP contribution in [0, 0.1) is 34.1 Å². The van der Waals surface area contributed by atoms with Gasteiger partial charge in [-0.3, -0.25) is 4.79 Å². The molecule has 6 N–H and O–H groups in total. The molecule has 11 nitrogen and oxygen atoms in total. The molecule has 0 saturated carbocycles. The van der Waals surface area contributed by atoms with Gasteiger partial charge in [0.2, 0.25) is 6.41 Å². The molecule has 6 atom stereocenters. The van der Waals surface area contributed by atoms with Crippen LogP contribution in [0.5, 0.6) is 11.5 Å². The van der Waals surface area contributed by atoms with Gasteiger partial charge in [0.1, 0.15) is 40.4 Å². The maximum atomic E-state index is 13.8. The number of benzene rings is 4. The smallest absolute Gasteiger partial charge is 0.407 e. The summed E-state index contributed by atoms with van der Waals surface area (Å²) in [6.07, 6.45) is 1.24. The maximum absolute atomic E-state index is 13.8. The summed E-state index contributed by atoms with van der Waals surface area (Å²) in [6, 6.07) is 17.3. The summed E-state index contributed by atoms with van der Waals surface area (Å²) in [5.41, 5.74) is 4.77. The lowest BCUT2D eigenvalue weighted by Crippen LogP contribution is -2.50. The van der Waals surface area contributed by atoms with Gasteiger partial charge >= 0.3 is 6.09 Å². The van der Waals surface area contributed by atoms with Crippen molar-refractivity contribution in [2.24, 2.45) is 10.8 Å². The molecule has 69 heavy (non-hydrogen) atoms. The molecule has 4 unspecified atom stereocenters. The van der Waals surface area contributed by atoms with Crippen LogP contribution in [0.3, 0.4) is 0 Å². The Hall–Kier alpha value is -5.22. The van der Waals surface area contributed by atoms with Crippen molar-refractivity contribution in [3.05, 3.63) is 129 Å². The first-order valence-corrected chi connectivity index (χ1v) is 23.8. The van der Waals surface area contributed by atoms with Crippen molar-refractivity contribution in [2.75, 3.05) is 26.3 Å². The fraction of sp³-hybridized carbons (Fsp3) is 0.519. The van der Waals surface area contributed by atoms with Crippen LogP contribution in [0.1, 0.15) is 121 Å². The third-order valence-electron chi connectivity index (χ3n) is 11.5. The van der Waals surface area contributed by atoms with Crippen molar-refractivity contribution < 1.29 is 51.6 Å². The zero-order valence-electron chi connectivity index (χ0n) is 41.5. The highest BCUT2D eigenvalue weighted by molar-refractivity contribution is 5.68. The average molecular weight is 965 g/mol. The zero-order valence-corrected chi connectivity index (χ0v) is 41.5. The number of aliphatic hydroxyl groups excluding tert-OH is 2. The minimum atomic E-state index is -1.05. The number of aliphatic hydroxyl groups is 2. The van der Waals surface area contributed by atoms with E-state index in [1.165, 1.54) is 35.4 Å². The van der Waals surface area contributed by atoms with E-state index in [-0.39, 0.29) is 48.8 Å². The number of ether oxygens (including phenoxy) is 3. The lowest BCUT2D eigenvalue weighted by atomic mass is 9.86. The van der Waals surface area contributed by atoms with E-state index in [0.717, 1.165) is 60.4 Å². The fourth-order valence-electron chi connectivity index (χ4n) is 8.67. The summed E-state index contributed by atoms with van der Waals surface area (Å²) < 4.78 is 71.6. The highest BCUT2D eigenvalue weighted by atomic mass is 19.1. The van der Waals surface area contributed by atoms with Crippen molar-refractivity contribution in [1.82, 2.24) is 21.3 Å². The highest BCUT2D eigenvalue weighted by Crippen LogP contribution is 2.36. The first kappa shape index (κ1) is 54.7. The minimum Gasteiger partial charge on any atom is -0.493 e. The minimum absolute atomic E-state index is 0.00295. The molecule has 2 aliphatic rings. The number of fused-ring (bicyclic) bond motifs is 2. The van der Waals surface area contributed by atoms with Crippen LogP contribution in [0.2, 0.25) is 0 Å². The third-order valence-corrected chi connectivity index (χ3v) is 11.5. The summed E-state index contributed by atoms with van der Waals surface area (Å²) in [6.45, 7) is 19.8. The molecule has 378 valence electrons. The van der Waals surface area contributed by atoms with Gasteiger partial charge in [-0.2, -0.15) is 0 Å². The highest BCUT2D eigenvalue weighted by Gasteiger charge is 2.30. The van der Waals surface area contributed by atoms with Crippen LogP contribution in [0.15, 0.2) is 72.8 Å². The number of carbonyl (C=O) groups excluding carboxylic acids is 2. The standard InChI is InChI=1S/C29H40F2N2O4.C25H32F2N2O3/c1-28(2,3)16-18-7-8-26-22(13-18)23(9-10-36-26)32-17-25(34)24(33-27(35)37-29(4,5)6)14-19-11-20(30)15-21(31)12-19;1-25(2,3)13-16-4-5-24-20(10-16)21(6-7-32-24)28-14-23(31)22(29-15-30)11-17-8-18(26)12-19(27)9-17/h7-8,11-13,15,23-25,32,34H,9-10,14,16-17H2,1-6H3,(H,33,35);4-5,8-10,12,15,21-23,28,31H,6-7,11,13-14H2,1-3H3,(H,29,30)/t23?,24?,25-;21?,22?,23-/m11/s1. The second kappa shape index (κ2) is 24.1. The lowest BCUT2D eigenvalue weighted by Gasteiger charge is -2.31. The maximum Gasteiger partial charge on any atom is 0.407 e. The van der Waals surface area contributed by atoms with Crippen LogP contribution < -0.4 is 30.7 Å². The monoisotopic (exact) mass is 965 g/mol. The predicted octanol–water partition coefficient (Wildman–Crippen LogP) is 9.15. The molecule has 0 bridgehead atoms. The Morgan fingerprint density at radius 3 is 1.43 bits per heavy atom. The number of halogens is 4. The topological polar surface area (TPSA) is 150 Å². The number of amides is 2. The van der Waals surface area contributed by atoms with E-state index in [1.54, 1.807) is 20.8 Å². The lowest BCUT2D eigenvalue weighted by molar-refractivity contribution is -0.110. The summed E-state index contributed by atoms with van der Waals surface area (Å²) in [7, 11) is 0. The van der Waals surface area contributed by atoms with Crippen LogP contribution in [-0.2, 0) is 35.2 Å². The average Bonchev–Trinajstić information content (AvgIpc) is 3.22. The van der Waals surface area contributed by atoms with Crippen molar-refractivity contribution in [3.8, 4) is 11.5 Å².